The van der Waals surface area contributed by atoms with Crippen LogP contribution in [-0.2, 0) is 31.5 Å². The van der Waals surface area contributed by atoms with E-state index in [2.05, 4.69) is 15.3 Å². The van der Waals surface area contributed by atoms with Crippen molar-refractivity contribution in [1.82, 2.24) is 15.0 Å². The van der Waals surface area contributed by atoms with Crippen LogP contribution in [0.25, 0.3) is 21.8 Å². The summed E-state index contributed by atoms with van der Waals surface area (Å²) < 4.78 is 123. The Labute approximate surface area is 270 Å². The van der Waals surface area contributed by atoms with Crippen molar-refractivity contribution >= 4 is 42.8 Å². The Bertz CT molecular complexity index is 2090. The van der Waals surface area contributed by atoms with Crippen LogP contribution in [0, 0.1) is 17.6 Å². The van der Waals surface area contributed by atoms with Gasteiger partial charge in [-0.25, -0.2) is 40.6 Å². The van der Waals surface area contributed by atoms with Gasteiger partial charge in [0.25, 0.3) is 10.0 Å². The van der Waals surface area contributed by atoms with E-state index < -0.39 is 53.8 Å². The molecule has 1 aliphatic heterocycles. The van der Waals surface area contributed by atoms with Gasteiger partial charge in [0.05, 0.1) is 39.0 Å². The molecular formula is C30H26F5N5O4S3. The molecule has 4 fully saturated rings. The lowest BCUT2D eigenvalue weighted by molar-refractivity contribution is -0.140. The normalized spacial score (nSPS) is 22.3. The summed E-state index contributed by atoms with van der Waals surface area (Å²) in [4.78, 5) is 12.5. The number of nitrogens with one attached hydrogen (secondary N) is 2. The molecule has 2 N–H and O–H groups in total. The van der Waals surface area contributed by atoms with Gasteiger partial charge in [-0.15, -0.1) is 11.3 Å². The smallest absolute Gasteiger partial charge is 0.351 e. The van der Waals surface area contributed by atoms with Crippen molar-refractivity contribution in [2.45, 2.75) is 54.6 Å². The maximum absolute atomic E-state index is 16.2. The van der Waals surface area contributed by atoms with Gasteiger partial charge in [0.2, 0.25) is 5.95 Å². The van der Waals surface area contributed by atoms with Crippen molar-refractivity contribution in [2.24, 2.45) is 5.92 Å². The van der Waals surface area contributed by atoms with Gasteiger partial charge in [0.1, 0.15) is 25.6 Å². The lowest BCUT2D eigenvalue weighted by Gasteiger charge is -2.60. The molecule has 9 nitrogen and oxygen atoms in total. The van der Waals surface area contributed by atoms with E-state index in [-0.39, 0.29) is 40.2 Å². The number of halogens is 5. The van der Waals surface area contributed by atoms with Crippen LogP contribution in [0.15, 0.2) is 53.6 Å². The fourth-order valence-corrected chi connectivity index (χ4v) is 10.5. The van der Waals surface area contributed by atoms with Crippen molar-refractivity contribution in [2.75, 3.05) is 21.5 Å². The van der Waals surface area contributed by atoms with Gasteiger partial charge in [-0.05, 0) is 68.4 Å². The van der Waals surface area contributed by atoms with Gasteiger partial charge < -0.3 is 5.32 Å². The molecule has 4 aliphatic rings. The lowest BCUT2D eigenvalue weighted by atomic mass is 9.45. The summed E-state index contributed by atoms with van der Waals surface area (Å²) in [5.74, 6) is -1.82. The number of alkyl halides is 3. The highest BCUT2D eigenvalue weighted by Crippen LogP contribution is 2.66. The zero-order valence-corrected chi connectivity index (χ0v) is 26.8. The third kappa shape index (κ3) is 5.86. The maximum atomic E-state index is 16.2. The van der Waals surface area contributed by atoms with E-state index in [1.807, 2.05) is 4.72 Å². The van der Waals surface area contributed by atoms with Crippen molar-refractivity contribution in [3.63, 3.8) is 0 Å². The SMILES string of the molecule is O=S1(=O)CCC(Nc2nccc(-c3sc(C45CC(C4)C5)nc3-c3cccc(NS(=O)(=O)c4c(F)cccc4C(F)(F)F)c3F)n2)CC1. The Morgan fingerprint density at radius 2 is 1.66 bits per heavy atom. The predicted molar refractivity (Wildman–Crippen MR) is 165 cm³/mol. The molecule has 2 bridgehead atoms. The van der Waals surface area contributed by atoms with E-state index in [4.69, 9.17) is 4.98 Å². The van der Waals surface area contributed by atoms with Crippen LogP contribution >= 0.6 is 11.3 Å². The Morgan fingerprint density at radius 1 is 0.957 bits per heavy atom. The molecule has 0 radical (unpaired) electrons. The molecule has 3 saturated carbocycles. The second-order valence-electron chi connectivity index (χ2n) is 12.2. The van der Waals surface area contributed by atoms with Gasteiger partial charge in [0, 0.05) is 23.2 Å². The summed E-state index contributed by atoms with van der Waals surface area (Å²) >= 11 is 1.33. The number of hydrogen-bond acceptors (Lipinski definition) is 9. The number of aromatic nitrogens is 3. The molecule has 0 atom stereocenters. The molecule has 8 rings (SSSR count). The molecule has 2 aromatic carbocycles. The number of sulfone groups is 1. The van der Waals surface area contributed by atoms with Crippen LogP contribution in [0.4, 0.5) is 33.6 Å². The Kier molecular flexibility index (Phi) is 7.59. The highest BCUT2D eigenvalue weighted by Gasteiger charge is 2.59. The molecule has 0 unspecified atom stereocenters. The summed E-state index contributed by atoms with van der Waals surface area (Å²) in [6.45, 7) is 0. The van der Waals surface area contributed by atoms with E-state index in [1.54, 1.807) is 6.07 Å². The molecule has 47 heavy (non-hydrogen) atoms. The average Bonchev–Trinajstić information content (AvgIpc) is 3.37. The largest absolute Gasteiger partial charge is 0.417 e. The van der Waals surface area contributed by atoms with Gasteiger partial charge in [-0.2, -0.15) is 13.2 Å². The number of rotatable bonds is 8. The molecule has 0 amide bonds. The third-order valence-corrected chi connectivity index (χ3v) is 13.4. The molecular weight excluding hydrogens is 686 g/mol. The monoisotopic (exact) mass is 711 g/mol. The average molecular weight is 712 g/mol. The third-order valence-electron chi connectivity index (χ3n) is 8.93. The van der Waals surface area contributed by atoms with Crippen molar-refractivity contribution in [3.8, 4) is 21.8 Å². The van der Waals surface area contributed by atoms with Crippen LogP contribution in [0.5, 0.6) is 0 Å². The number of nitrogens with zero attached hydrogens (tertiary/aromatic N) is 3. The van der Waals surface area contributed by atoms with E-state index in [0.29, 0.717) is 41.5 Å². The van der Waals surface area contributed by atoms with Crippen LogP contribution in [-0.4, -0.2) is 49.3 Å². The highest BCUT2D eigenvalue weighted by atomic mass is 32.2. The first-order valence-electron chi connectivity index (χ1n) is 14.6. The van der Waals surface area contributed by atoms with Crippen molar-refractivity contribution < 1.29 is 38.8 Å². The van der Waals surface area contributed by atoms with E-state index in [1.165, 1.54) is 29.7 Å². The predicted octanol–water partition coefficient (Wildman–Crippen LogP) is 6.41. The summed E-state index contributed by atoms with van der Waals surface area (Å²) in [6.07, 6.45) is -0.101. The van der Waals surface area contributed by atoms with Gasteiger partial charge in [-0.3, -0.25) is 4.72 Å². The number of sulfonamides is 1. The highest BCUT2D eigenvalue weighted by molar-refractivity contribution is 7.92. The molecule has 17 heteroatoms. The quantitative estimate of drug-likeness (QED) is 0.201. The number of hydrogen-bond donors (Lipinski definition) is 2. The molecule has 1 saturated heterocycles. The zero-order valence-electron chi connectivity index (χ0n) is 24.3. The molecule has 2 aromatic heterocycles. The molecule has 0 spiro atoms. The van der Waals surface area contributed by atoms with E-state index in [9.17, 15) is 34.4 Å². The minimum absolute atomic E-state index is 0.0452. The molecule has 3 heterocycles. The first-order chi connectivity index (χ1) is 22.1. The second kappa shape index (κ2) is 11.2. The first kappa shape index (κ1) is 31.9. The Balaban J connectivity index is 1.26. The van der Waals surface area contributed by atoms with Crippen molar-refractivity contribution in [1.29, 1.82) is 0 Å². The lowest BCUT2D eigenvalue weighted by Crippen LogP contribution is -2.55. The minimum Gasteiger partial charge on any atom is -0.351 e. The van der Waals surface area contributed by atoms with E-state index in [0.717, 1.165) is 36.4 Å². The first-order valence-corrected chi connectivity index (χ1v) is 18.8. The fourth-order valence-electron chi connectivity index (χ4n) is 6.41. The number of thiazole rings is 1. The van der Waals surface area contributed by atoms with Gasteiger partial charge in [-0.1, -0.05) is 12.1 Å². The number of anilines is 2. The number of benzene rings is 2. The topological polar surface area (TPSA) is 131 Å². The van der Waals surface area contributed by atoms with Crippen LogP contribution in [0.1, 0.15) is 42.7 Å². The molecule has 4 aromatic rings. The van der Waals surface area contributed by atoms with Crippen LogP contribution in [0.3, 0.4) is 0 Å². The zero-order chi connectivity index (χ0) is 33.4. The minimum atomic E-state index is -5.24. The molecule has 3 aliphatic carbocycles. The van der Waals surface area contributed by atoms with Gasteiger partial charge in [0.15, 0.2) is 5.82 Å². The van der Waals surface area contributed by atoms with Crippen molar-refractivity contribution in [3.05, 3.63) is 70.9 Å². The Morgan fingerprint density at radius 3 is 2.32 bits per heavy atom. The molecule has 248 valence electrons. The van der Waals surface area contributed by atoms with E-state index >= 15 is 4.39 Å². The maximum Gasteiger partial charge on any atom is 0.417 e. The van der Waals surface area contributed by atoms with Gasteiger partial charge >= 0.3 is 6.18 Å². The Hall–Kier alpha value is -3.70. The summed E-state index contributed by atoms with van der Waals surface area (Å²) in [5.41, 5.74) is -2.15. The second-order valence-corrected chi connectivity index (χ2v) is 17.1. The van der Waals surface area contributed by atoms with Crippen LogP contribution < -0.4 is 10.0 Å². The summed E-state index contributed by atoms with van der Waals surface area (Å²) in [6, 6.07) is 6.89. The standard InChI is InChI=1S/C30H26F5N5O4S3/c31-20-5-2-4-19(30(33,34)35)26(20)47(43,44)40-21-6-1-3-18(23(21)32)24-25(45-27(39-24)29-13-16(14-29)15-29)22-7-10-36-28(38-22)37-17-8-11-46(41,42)12-9-17/h1-7,10,16-17,40H,8-9,11-15H2,(H,36,37,38). The summed E-state index contributed by atoms with van der Waals surface area (Å²) in [7, 11) is -8.32. The van der Waals surface area contributed by atoms with Crippen LogP contribution in [0.2, 0.25) is 0 Å². The summed E-state index contributed by atoms with van der Waals surface area (Å²) in [5, 5.41) is 3.94. The fraction of sp³-hybridized carbons (Fsp3) is 0.367.